The first-order valence-corrected chi connectivity index (χ1v) is 10.4. The Bertz CT molecular complexity index is 1340. The van der Waals surface area contributed by atoms with Crippen molar-refractivity contribution in [2.75, 3.05) is 11.9 Å². The molecule has 0 saturated carbocycles. The van der Waals surface area contributed by atoms with E-state index in [0.717, 1.165) is 0 Å². The van der Waals surface area contributed by atoms with Crippen LogP contribution in [0.15, 0.2) is 78.9 Å². The second kappa shape index (κ2) is 11.1. The van der Waals surface area contributed by atoms with Gasteiger partial charge in [0.05, 0.1) is 10.5 Å². The number of halogens is 2. The Morgan fingerprint density at radius 3 is 2.79 bits per heavy atom. The summed E-state index contributed by atoms with van der Waals surface area (Å²) in [5.74, 6) is 5.45. The number of anilines is 2. The molecule has 7 heteroatoms. The summed E-state index contributed by atoms with van der Waals surface area (Å²) in [6.07, 6.45) is 5.66. The maximum Gasteiger partial charge on any atom is 0.235 e. The SMILES string of the molecule is C=C/C(=C\C(F)=C/C)COc1ccc(Nc2ncnc3ccc(C(=O)C#CC)cc23)cc1Cl. The molecule has 2 aromatic carbocycles. The zero-order valence-electron chi connectivity index (χ0n) is 18.2. The summed E-state index contributed by atoms with van der Waals surface area (Å²) >= 11 is 6.39. The topological polar surface area (TPSA) is 64.1 Å². The highest BCUT2D eigenvalue weighted by atomic mass is 35.5. The Labute approximate surface area is 196 Å². The van der Waals surface area contributed by atoms with E-state index in [4.69, 9.17) is 16.3 Å². The van der Waals surface area contributed by atoms with Crippen LogP contribution in [0.1, 0.15) is 24.2 Å². The summed E-state index contributed by atoms with van der Waals surface area (Å²) < 4.78 is 19.2. The first-order chi connectivity index (χ1) is 15.9. The number of fused-ring (bicyclic) bond motifs is 1. The van der Waals surface area contributed by atoms with Gasteiger partial charge in [0.2, 0.25) is 5.78 Å². The van der Waals surface area contributed by atoms with Crippen LogP contribution in [0.3, 0.4) is 0 Å². The van der Waals surface area contributed by atoms with E-state index in [9.17, 15) is 9.18 Å². The molecule has 3 aromatic rings. The van der Waals surface area contributed by atoms with Gasteiger partial charge in [-0.2, -0.15) is 0 Å². The predicted molar refractivity (Wildman–Crippen MR) is 131 cm³/mol. The van der Waals surface area contributed by atoms with Gasteiger partial charge in [-0.05, 0) is 67.8 Å². The van der Waals surface area contributed by atoms with Gasteiger partial charge in [-0.25, -0.2) is 14.4 Å². The normalized spacial score (nSPS) is 11.5. The van der Waals surface area contributed by atoms with E-state index in [1.54, 1.807) is 50.2 Å². The van der Waals surface area contributed by atoms with Gasteiger partial charge in [-0.15, -0.1) is 0 Å². The molecule has 33 heavy (non-hydrogen) atoms. The highest BCUT2D eigenvalue weighted by molar-refractivity contribution is 6.32. The van der Waals surface area contributed by atoms with Gasteiger partial charge in [-0.1, -0.05) is 36.3 Å². The smallest absolute Gasteiger partial charge is 0.235 e. The van der Waals surface area contributed by atoms with Crippen molar-refractivity contribution in [2.24, 2.45) is 0 Å². The number of carbonyl (C=O) groups is 1. The van der Waals surface area contributed by atoms with Crippen LogP contribution in [0, 0.1) is 11.8 Å². The first kappa shape index (κ1) is 23.7. The quantitative estimate of drug-likeness (QED) is 0.177. The van der Waals surface area contributed by atoms with Gasteiger partial charge < -0.3 is 10.1 Å². The van der Waals surface area contributed by atoms with Crippen molar-refractivity contribution >= 4 is 39.8 Å². The second-order valence-electron chi connectivity index (χ2n) is 6.81. The molecule has 0 aliphatic carbocycles. The first-order valence-electron chi connectivity index (χ1n) is 10.0. The van der Waals surface area contributed by atoms with E-state index in [1.165, 1.54) is 24.6 Å². The molecule has 0 aliphatic heterocycles. The average molecular weight is 462 g/mol. The number of benzene rings is 2. The number of Topliss-reactive ketones (excluding diaryl/α,β-unsaturated/α-hetero) is 1. The van der Waals surface area contributed by atoms with Crippen LogP contribution in [-0.4, -0.2) is 22.4 Å². The Morgan fingerprint density at radius 1 is 1.27 bits per heavy atom. The fraction of sp³-hybridized carbons (Fsp3) is 0.115. The van der Waals surface area contributed by atoms with Crippen molar-refractivity contribution in [1.82, 2.24) is 9.97 Å². The summed E-state index contributed by atoms with van der Waals surface area (Å²) in [5, 5.41) is 4.23. The molecule has 0 unspecified atom stereocenters. The van der Waals surface area contributed by atoms with Gasteiger partial charge in [0.15, 0.2) is 0 Å². The van der Waals surface area contributed by atoms with E-state index in [1.807, 2.05) is 0 Å². The van der Waals surface area contributed by atoms with Gasteiger partial charge in [0.25, 0.3) is 0 Å². The molecule has 0 aliphatic rings. The highest BCUT2D eigenvalue weighted by Crippen LogP contribution is 2.31. The van der Waals surface area contributed by atoms with E-state index in [2.05, 4.69) is 33.7 Å². The van der Waals surface area contributed by atoms with Gasteiger partial charge in [0, 0.05) is 16.6 Å². The zero-order chi connectivity index (χ0) is 23.8. The van der Waals surface area contributed by atoms with Crippen molar-refractivity contribution in [3.8, 4) is 17.6 Å². The third kappa shape index (κ3) is 6.06. The molecule has 166 valence electrons. The molecule has 0 bridgehead atoms. The van der Waals surface area contributed by atoms with Crippen molar-refractivity contribution < 1.29 is 13.9 Å². The van der Waals surface area contributed by atoms with Crippen LogP contribution < -0.4 is 10.1 Å². The minimum Gasteiger partial charge on any atom is -0.487 e. The largest absolute Gasteiger partial charge is 0.487 e. The number of nitrogens with zero attached hydrogens (tertiary/aromatic N) is 2. The molecule has 1 N–H and O–H groups in total. The maximum absolute atomic E-state index is 13.5. The van der Waals surface area contributed by atoms with Crippen molar-refractivity contribution in [3.63, 3.8) is 0 Å². The molecular weight excluding hydrogens is 441 g/mol. The van der Waals surface area contributed by atoms with Crippen LogP contribution in [0.2, 0.25) is 5.02 Å². The molecular formula is C26H21ClFN3O2. The number of hydrogen-bond donors (Lipinski definition) is 1. The Hall–Kier alpha value is -3.95. The Kier molecular flexibility index (Phi) is 7.96. The van der Waals surface area contributed by atoms with Crippen molar-refractivity contribution in [3.05, 3.63) is 89.5 Å². The lowest BCUT2D eigenvalue weighted by Gasteiger charge is -2.12. The van der Waals surface area contributed by atoms with Gasteiger partial charge in [-0.3, -0.25) is 4.79 Å². The summed E-state index contributed by atoms with van der Waals surface area (Å²) in [7, 11) is 0. The highest BCUT2D eigenvalue weighted by Gasteiger charge is 2.10. The van der Waals surface area contributed by atoms with E-state index in [0.29, 0.717) is 44.3 Å². The molecule has 5 nitrogen and oxygen atoms in total. The third-order valence-electron chi connectivity index (χ3n) is 4.59. The molecule has 0 fully saturated rings. The number of ketones is 1. The number of nitrogens with one attached hydrogen (secondary N) is 1. The Morgan fingerprint density at radius 2 is 2.09 bits per heavy atom. The van der Waals surface area contributed by atoms with Gasteiger partial charge >= 0.3 is 0 Å². The van der Waals surface area contributed by atoms with Crippen molar-refractivity contribution in [2.45, 2.75) is 13.8 Å². The summed E-state index contributed by atoms with van der Waals surface area (Å²) in [4.78, 5) is 20.7. The number of allylic oxidation sites excluding steroid dienone is 3. The molecule has 0 spiro atoms. The molecule has 0 amide bonds. The number of aromatic nitrogens is 2. The van der Waals surface area contributed by atoms with Crippen LogP contribution >= 0.6 is 11.6 Å². The van der Waals surface area contributed by atoms with Crippen LogP contribution in [0.5, 0.6) is 5.75 Å². The average Bonchev–Trinajstić information content (AvgIpc) is 2.82. The minimum absolute atomic E-state index is 0.116. The minimum atomic E-state index is -0.372. The Balaban J connectivity index is 1.83. The van der Waals surface area contributed by atoms with Crippen molar-refractivity contribution in [1.29, 1.82) is 0 Å². The number of carbonyl (C=O) groups excluding carboxylic acids is 1. The molecule has 1 heterocycles. The summed E-state index contributed by atoms with van der Waals surface area (Å²) in [6.45, 7) is 7.01. The fourth-order valence-electron chi connectivity index (χ4n) is 2.90. The van der Waals surface area contributed by atoms with E-state index in [-0.39, 0.29) is 18.2 Å². The number of ether oxygens (including phenoxy) is 1. The predicted octanol–water partition coefficient (Wildman–Crippen LogP) is 6.60. The second-order valence-corrected chi connectivity index (χ2v) is 7.22. The monoisotopic (exact) mass is 461 g/mol. The molecule has 1 aromatic heterocycles. The van der Waals surface area contributed by atoms with Crippen LogP contribution in [0.25, 0.3) is 10.9 Å². The lowest BCUT2D eigenvalue weighted by molar-refractivity contribution is 0.105. The van der Waals surface area contributed by atoms with E-state index >= 15 is 0 Å². The number of hydrogen-bond acceptors (Lipinski definition) is 5. The number of rotatable bonds is 8. The maximum atomic E-state index is 13.5. The summed E-state index contributed by atoms with van der Waals surface area (Å²) in [6, 6.07) is 10.3. The molecule has 0 saturated heterocycles. The third-order valence-corrected chi connectivity index (χ3v) is 4.88. The molecule has 0 atom stereocenters. The molecule has 3 rings (SSSR count). The lowest BCUT2D eigenvalue weighted by atomic mass is 10.1. The lowest BCUT2D eigenvalue weighted by Crippen LogP contribution is -2.01. The standard InChI is InChI=1S/C26H21ClFN3O2/c1-4-7-24(32)18-8-10-23-21(13-18)26(30-16-29-23)31-20-9-11-25(22(27)14-20)33-15-17(5-2)12-19(28)6-3/h5-6,8-14,16H,2,15H2,1,3H3,(H,29,30,31)/b17-12+,19-6+. The fourth-order valence-corrected chi connectivity index (χ4v) is 3.13. The van der Waals surface area contributed by atoms with E-state index < -0.39 is 0 Å². The zero-order valence-corrected chi connectivity index (χ0v) is 18.9. The van der Waals surface area contributed by atoms with Crippen LogP contribution in [-0.2, 0) is 0 Å². The van der Waals surface area contributed by atoms with Gasteiger partial charge in [0.1, 0.15) is 30.3 Å². The summed E-state index contributed by atoms with van der Waals surface area (Å²) in [5.41, 5.74) is 2.37. The van der Waals surface area contributed by atoms with Crippen LogP contribution in [0.4, 0.5) is 15.9 Å². The molecule has 0 radical (unpaired) electrons.